The van der Waals surface area contributed by atoms with Crippen molar-refractivity contribution in [2.75, 3.05) is 25.6 Å². The van der Waals surface area contributed by atoms with Gasteiger partial charge < -0.3 is 23.8 Å². The molecule has 2 aromatic rings. The SMILES string of the molecule is COC(=O)c1ccnc(/C(COc2cccc(NC(=O)OC(C)(C)C)c2)=N/OC2CCCCO2)c1. The maximum absolute atomic E-state index is 12.1. The number of hydrogen-bond acceptors (Lipinski definition) is 9. The summed E-state index contributed by atoms with van der Waals surface area (Å²) in [5.74, 6) is -0.0179. The Morgan fingerprint density at radius 2 is 2.03 bits per heavy atom. The summed E-state index contributed by atoms with van der Waals surface area (Å²) in [6.07, 6.45) is 3.16. The van der Waals surface area contributed by atoms with Crippen LogP contribution in [-0.2, 0) is 19.0 Å². The van der Waals surface area contributed by atoms with E-state index in [4.69, 9.17) is 23.8 Å². The van der Waals surface area contributed by atoms with Crippen LogP contribution in [0.1, 0.15) is 56.1 Å². The lowest BCUT2D eigenvalue weighted by atomic mass is 10.2. The molecule has 188 valence electrons. The molecule has 0 radical (unpaired) electrons. The monoisotopic (exact) mass is 485 g/mol. The summed E-state index contributed by atoms with van der Waals surface area (Å²) in [5.41, 5.74) is 0.968. The van der Waals surface area contributed by atoms with Crippen molar-refractivity contribution in [1.29, 1.82) is 0 Å². The molecule has 1 amide bonds. The fourth-order valence-electron chi connectivity index (χ4n) is 3.13. The standard InChI is InChI=1S/C25H31N3O7/c1-25(2,3)34-24(30)27-18-8-7-9-19(15-18)33-16-21(28-35-22-10-5-6-13-32-22)20-14-17(11-12-26-20)23(29)31-4/h7-9,11-12,14-15,22H,5-6,10,13,16H2,1-4H3,(H,27,30)/b28-21+. The summed E-state index contributed by atoms with van der Waals surface area (Å²) in [7, 11) is 1.31. The van der Waals surface area contributed by atoms with Crippen LogP contribution in [0.2, 0.25) is 0 Å². The van der Waals surface area contributed by atoms with Crippen LogP contribution in [-0.4, -0.2) is 55.0 Å². The predicted molar refractivity (Wildman–Crippen MR) is 129 cm³/mol. The molecule has 2 heterocycles. The van der Waals surface area contributed by atoms with Crippen LogP contribution in [0.3, 0.4) is 0 Å². The Balaban J connectivity index is 1.74. The van der Waals surface area contributed by atoms with Gasteiger partial charge in [-0.25, -0.2) is 9.59 Å². The lowest BCUT2D eigenvalue weighted by molar-refractivity contribution is -0.162. The molecule has 1 aromatic heterocycles. The van der Waals surface area contributed by atoms with Crippen LogP contribution >= 0.6 is 0 Å². The second-order valence-electron chi connectivity index (χ2n) is 8.80. The fourth-order valence-corrected chi connectivity index (χ4v) is 3.13. The van der Waals surface area contributed by atoms with Gasteiger partial charge in [0.05, 0.1) is 25.0 Å². The van der Waals surface area contributed by atoms with Gasteiger partial charge in [0.1, 0.15) is 23.7 Å². The number of hydrogen-bond donors (Lipinski definition) is 1. The van der Waals surface area contributed by atoms with Gasteiger partial charge in [0.15, 0.2) is 0 Å². The molecule has 1 atom stereocenters. The van der Waals surface area contributed by atoms with Gasteiger partial charge >= 0.3 is 12.1 Å². The number of pyridine rings is 1. The van der Waals surface area contributed by atoms with Crippen molar-refractivity contribution in [3.8, 4) is 5.75 Å². The van der Waals surface area contributed by atoms with Crippen LogP contribution in [0, 0.1) is 0 Å². The number of nitrogens with one attached hydrogen (secondary N) is 1. The van der Waals surface area contributed by atoms with Crippen molar-refractivity contribution in [2.24, 2.45) is 5.16 Å². The average molecular weight is 486 g/mol. The van der Waals surface area contributed by atoms with Crippen LogP contribution in [0.25, 0.3) is 0 Å². The summed E-state index contributed by atoms with van der Waals surface area (Å²) in [5, 5.41) is 6.91. The van der Waals surface area contributed by atoms with Gasteiger partial charge in [-0.15, -0.1) is 0 Å². The number of rotatable bonds is 8. The van der Waals surface area contributed by atoms with Gasteiger partial charge in [0.2, 0.25) is 6.29 Å². The van der Waals surface area contributed by atoms with Crippen LogP contribution in [0.5, 0.6) is 5.75 Å². The quantitative estimate of drug-likeness (QED) is 0.329. The number of benzene rings is 1. The first-order chi connectivity index (χ1) is 16.7. The average Bonchev–Trinajstić information content (AvgIpc) is 2.83. The van der Waals surface area contributed by atoms with Crippen LogP contribution in [0.15, 0.2) is 47.8 Å². The number of carbonyl (C=O) groups is 2. The molecule has 35 heavy (non-hydrogen) atoms. The van der Waals surface area contributed by atoms with Gasteiger partial charge in [-0.1, -0.05) is 11.2 Å². The lowest BCUT2D eigenvalue weighted by Crippen LogP contribution is -2.27. The molecule has 0 bridgehead atoms. The number of oxime groups is 1. The van der Waals surface area contributed by atoms with E-state index in [1.54, 1.807) is 57.2 Å². The zero-order valence-corrected chi connectivity index (χ0v) is 20.4. The maximum atomic E-state index is 12.1. The van der Waals surface area contributed by atoms with E-state index in [1.807, 2.05) is 0 Å². The third kappa shape index (κ3) is 8.56. The number of esters is 1. The summed E-state index contributed by atoms with van der Waals surface area (Å²) >= 11 is 0. The van der Waals surface area contributed by atoms with E-state index in [-0.39, 0.29) is 6.61 Å². The van der Waals surface area contributed by atoms with E-state index in [1.165, 1.54) is 13.3 Å². The van der Waals surface area contributed by atoms with Crippen LogP contribution in [0.4, 0.5) is 10.5 Å². The number of methoxy groups -OCH3 is 1. The highest BCUT2D eigenvalue weighted by Crippen LogP contribution is 2.20. The number of carbonyl (C=O) groups excluding carboxylic acids is 2. The van der Waals surface area contributed by atoms with Gasteiger partial charge in [-0.3, -0.25) is 10.3 Å². The number of ether oxygens (including phenoxy) is 4. The zero-order valence-electron chi connectivity index (χ0n) is 20.4. The molecular formula is C25H31N3O7. The molecular weight excluding hydrogens is 454 g/mol. The summed E-state index contributed by atoms with van der Waals surface area (Å²) < 4.78 is 21.6. The molecule has 1 aliphatic rings. The molecule has 10 nitrogen and oxygen atoms in total. The zero-order chi connectivity index (χ0) is 25.3. The summed E-state index contributed by atoms with van der Waals surface area (Å²) in [4.78, 5) is 33.9. The topological polar surface area (TPSA) is 118 Å². The van der Waals surface area contributed by atoms with E-state index in [9.17, 15) is 9.59 Å². The normalized spacial score (nSPS) is 16.2. The minimum absolute atomic E-state index is 0.0137. The Morgan fingerprint density at radius 1 is 1.20 bits per heavy atom. The Hall–Kier alpha value is -3.66. The molecule has 1 N–H and O–H groups in total. The lowest BCUT2D eigenvalue weighted by Gasteiger charge is -2.20. The molecule has 1 saturated heterocycles. The molecule has 0 saturated carbocycles. The van der Waals surface area contributed by atoms with E-state index >= 15 is 0 Å². The smallest absolute Gasteiger partial charge is 0.412 e. The molecule has 0 spiro atoms. The van der Waals surface area contributed by atoms with Crippen molar-refractivity contribution in [3.05, 3.63) is 53.9 Å². The second kappa shape index (κ2) is 12.2. The molecule has 0 aliphatic carbocycles. The van der Waals surface area contributed by atoms with Crippen molar-refractivity contribution < 1.29 is 33.4 Å². The van der Waals surface area contributed by atoms with E-state index < -0.39 is 24.0 Å². The Kier molecular flexibility index (Phi) is 9.02. The van der Waals surface area contributed by atoms with E-state index in [2.05, 4.69) is 15.5 Å². The molecule has 1 aromatic carbocycles. The van der Waals surface area contributed by atoms with Gasteiger partial charge in [0.25, 0.3) is 0 Å². The van der Waals surface area contributed by atoms with E-state index in [0.717, 1.165) is 19.3 Å². The van der Waals surface area contributed by atoms with Crippen molar-refractivity contribution >= 4 is 23.5 Å². The fraction of sp³-hybridized carbons (Fsp3) is 0.440. The first-order valence-corrected chi connectivity index (χ1v) is 11.4. The van der Waals surface area contributed by atoms with Crippen LogP contribution < -0.4 is 10.1 Å². The Morgan fingerprint density at radius 3 is 2.74 bits per heavy atom. The summed E-state index contributed by atoms with van der Waals surface area (Å²) in [6.45, 7) is 5.96. The third-order valence-corrected chi connectivity index (χ3v) is 4.75. The van der Waals surface area contributed by atoms with Crippen molar-refractivity contribution in [1.82, 2.24) is 4.98 Å². The highest BCUT2D eigenvalue weighted by molar-refractivity contribution is 6.01. The minimum Gasteiger partial charge on any atom is -0.487 e. The number of aromatic nitrogens is 1. The Labute approximate surface area is 204 Å². The van der Waals surface area contributed by atoms with Gasteiger partial charge in [0, 0.05) is 24.4 Å². The predicted octanol–water partition coefficient (Wildman–Crippen LogP) is 4.54. The third-order valence-electron chi connectivity index (χ3n) is 4.75. The van der Waals surface area contributed by atoms with Crippen molar-refractivity contribution in [3.63, 3.8) is 0 Å². The highest BCUT2D eigenvalue weighted by Gasteiger charge is 2.18. The Bertz CT molecular complexity index is 1040. The maximum Gasteiger partial charge on any atom is 0.412 e. The summed E-state index contributed by atoms with van der Waals surface area (Å²) in [6, 6.07) is 9.95. The number of amides is 1. The molecule has 1 unspecified atom stereocenters. The molecule has 3 rings (SSSR count). The van der Waals surface area contributed by atoms with Gasteiger partial charge in [-0.05, 0) is 57.9 Å². The minimum atomic E-state index is -0.614. The number of nitrogens with zero attached hydrogens (tertiary/aromatic N) is 2. The highest BCUT2D eigenvalue weighted by atomic mass is 16.8. The largest absolute Gasteiger partial charge is 0.487 e. The molecule has 10 heteroatoms. The van der Waals surface area contributed by atoms with Gasteiger partial charge in [-0.2, -0.15) is 0 Å². The van der Waals surface area contributed by atoms with Crippen molar-refractivity contribution in [2.45, 2.75) is 51.9 Å². The first-order valence-electron chi connectivity index (χ1n) is 11.4. The molecule has 1 aliphatic heterocycles. The second-order valence-corrected chi connectivity index (χ2v) is 8.80. The number of anilines is 1. The first kappa shape index (κ1) is 26.0. The van der Waals surface area contributed by atoms with E-state index in [0.29, 0.717) is 35.0 Å². The molecule has 1 fully saturated rings.